The topological polar surface area (TPSA) is 52.6 Å². The summed E-state index contributed by atoms with van der Waals surface area (Å²) in [6.07, 6.45) is 0.573. The molecule has 0 saturated heterocycles. The zero-order valence-electron chi connectivity index (χ0n) is 18.2. The Hall–Kier alpha value is -2.62. The minimum Gasteiger partial charge on any atom is -0.426 e. The molecule has 0 bridgehead atoms. The van der Waals surface area contributed by atoms with E-state index in [9.17, 15) is 9.59 Å². The van der Waals surface area contributed by atoms with Gasteiger partial charge in [-0.15, -0.1) is 0 Å². The van der Waals surface area contributed by atoms with E-state index in [1.807, 2.05) is 53.7 Å². The fourth-order valence-corrected chi connectivity index (χ4v) is 3.26. The van der Waals surface area contributed by atoms with Crippen LogP contribution in [-0.2, 0) is 9.59 Å². The van der Waals surface area contributed by atoms with Crippen molar-refractivity contribution in [3.8, 4) is 22.6 Å². The summed E-state index contributed by atoms with van der Waals surface area (Å²) in [6.45, 7) is 15.7. The number of carbonyl (C=O) groups excluding carboxylic acids is 2. The fraction of sp³-hybridized carbons (Fsp3) is 0.417. The Bertz CT molecular complexity index is 861. The lowest BCUT2D eigenvalue weighted by Gasteiger charge is -2.22. The first-order chi connectivity index (χ1) is 13.1. The van der Waals surface area contributed by atoms with Crippen LogP contribution in [0, 0.1) is 41.5 Å². The Labute approximate surface area is 167 Å². The van der Waals surface area contributed by atoms with Gasteiger partial charge in [0.25, 0.3) is 0 Å². The molecule has 4 heteroatoms. The number of rotatable bonds is 5. The summed E-state index contributed by atoms with van der Waals surface area (Å²) in [4.78, 5) is 24.2. The number of hydrogen-bond acceptors (Lipinski definition) is 4. The average Bonchev–Trinajstić information content (AvgIpc) is 2.66. The van der Waals surface area contributed by atoms with Gasteiger partial charge in [-0.3, -0.25) is 9.59 Å². The van der Waals surface area contributed by atoms with Gasteiger partial charge in [0.2, 0.25) is 0 Å². The number of benzene rings is 2. The Kier molecular flexibility index (Phi) is 6.65. The van der Waals surface area contributed by atoms with Crippen molar-refractivity contribution >= 4 is 11.9 Å². The van der Waals surface area contributed by atoms with E-state index < -0.39 is 0 Å². The Balaban J connectivity index is 2.89. The van der Waals surface area contributed by atoms with Crippen molar-refractivity contribution in [2.45, 2.75) is 68.2 Å². The second-order valence-electron chi connectivity index (χ2n) is 7.29. The van der Waals surface area contributed by atoms with E-state index in [-0.39, 0.29) is 24.8 Å². The largest absolute Gasteiger partial charge is 0.426 e. The maximum Gasteiger partial charge on any atom is 0.310 e. The maximum atomic E-state index is 12.1. The monoisotopic (exact) mass is 382 g/mol. The smallest absolute Gasteiger partial charge is 0.310 e. The van der Waals surface area contributed by atoms with Gasteiger partial charge in [0.05, 0.1) is 0 Å². The van der Waals surface area contributed by atoms with E-state index in [0.29, 0.717) is 11.5 Å². The highest BCUT2D eigenvalue weighted by molar-refractivity contribution is 5.88. The molecule has 0 aromatic heterocycles. The zero-order valence-corrected chi connectivity index (χ0v) is 18.2. The molecule has 150 valence electrons. The molecule has 0 aliphatic rings. The summed E-state index contributed by atoms with van der Waals surface area (Å²) in [5.41, 5.74) is 7.99. The van der Waals surface area contributed by atoms with Crippen molar-refractivity contribution < 1.29 is 19.1 Å². The molecule has 2 rings (SSSR count). The van der Waals surface area contributed by atoms with Gasteiger partial charge < -0.3 is 9.47 Å². The van der Waals surface area contributed by atoms with Crippen molar-refractivity contribution in [3.05, 3.63) is 45.5 Å². The van der Waals surface area contributed by atoms with Crippen molar-refractivity contribution in [2.24, 2.45) is 0 Å². The summed E-state index contributed by atoms with van der Waals surface area (Å²) in [7, 11) is 0. The van der Waals surface area contributed by atoms with Gasteiger partial charge in [-0.05, 0) is 87.1 Å². The lowest BCUT2D eigenvalue weighted by Crippen LogP contribution is -2.11. The number of esters is 2. The third-order valence-electron chi connectivity index (χ3n) is 5.52. The molecule has 2 aromatic carbocycles. The third kappa shape index (κ3) is 4.11. The van der Waals surface area contributed by atoms with Crippen LogP contribution in [0.2, 0.25) is 0 Å². The second kappa shape index (κ2) is 8.59. The van der Waals surface area contributed by atoms with Crippen molar-refractivity contribution in [1.82, 2.24) is 0 Å². The average molecular weight is 383 g/mol. The van der Waals surface area contributed by atoms with E-state index in [2.05, 4.69) is 0 Å². The van der Waals surface area contributed by atoms with Crippen LogP contribution in [0.4, 0.5) is 0 Å². The number of ether oxygens (including phenoxy) is 2. The van der Waals surface area contributed by atoms with Crippen molar-refractivity contribution in [1.29, 1.82) is 0 Å². The molecule has 28 heavy (non-hydrogen) atoms. The lowest BCUT2D eigenvalue weighted by atomic mass is 9.87. The molecular formula is C24H30O4. The molecule has 0 fully saturated rings. The van der Waals surface area contributed by atoms with Crippen LogP contribution in [0.1, 0.15) is 60.1 Å². The highest BCUT2D eigenvalue weighted by Gasteiger charge is 2.23. The third-order valence-corrected chi connectivity index (χ3v) is 5.52. The summed E-state index contributed by atoms with van der Waals surface area (Å²) < 4.78 is 11.4. The van der Waals surface area contributed by atoms with Gasteiger partial charge in [0.15, 0.2) is 0 Å². The molecule has 0 atom stereocenters. The molecule has 0 unspecified atom stereocenters. The van der Waals surface area contributed by atoms with Crippen LogP contribution >= 0.6 is 0 Å². The predicted molar refractivity (Wildman–Crippen MR) is 112 cm³/mol. The molecule has 0 aliphatic carbocycles. The maximum absolute atomic E-state index is 12.1. The quantitative estimate of drug-likeness (QED) is 0.482. The summed E-state index contributed by atoms with van der Waals surface area (Å²) in [6, 6.07) is 3.79. The molecule has 0 radical (unpaired) electrons. The van der Waals surface area contributed by atoms with Crippen LogP contribution in [0.5, 0.6) is 11.5 Å². The highest BCUT2D eigenvalue weighted by Crippen LogP contribution is 2.45. The number of aryl methyl sites for hydroxylation is 2. The number of hydrogen-bond donors (Lipinski definition) is 0. The van der Waals surface area contributed by atoms with Crippen LogP contribution in [0.3, 0.4) is 0 Å². The van der Waals surface area contributed by atoms with Crippen molar-refractivity contribution in [3.63, 3.8) is 0 Å². The van der Waals surface area contributed by atoms with Crippen LogP contribution in [0.25, 0.3) is 11.1 Å². The summed E-state index contributed by atoms with van der Waals surface area (Å²) in [5, 5.41) is 0. The Morgan fingerprint density at radius 3 is 1.25 bits per heavy atom. The summed E-state index contributed by atoms with van der Waals surface area (Å²) >= 11 is 0. The van der Waals surface area contributed by atoms with Gasteiger partial charge in [-0.1, -0.05) is 13.8 Å². The number of carbonyl (C=O) groups is 2. The second-order valence-corrected chi connectivity index (χ2v) is 7.29. The van der Waals surface area contributed by atoms with Gasteiger partial charge >= 0.3 is 11.9 Å². The van der Waals surface area contributed by atoms with Crippen LogP contribution in [0.15, 0.2) is 12.1 Å². The Morgan fingerprint density at radius 2 is 0.964 bits per heavy atom. The molecule has 2 aromatic rings. The first-order valence-electron chi connectivity index (χ1n) is 9.75. The van der Waals surface area contributed by atoms with E-state index in [0.717, 1.165) is 44.5 Å². The standard InChI is InChI=1S/C24H30O4/c1-9-21(25)27-19-11-13(3)15(5)17(7)23(19)24-18(8)16(6)14(4)12-20(24)28-22(26)10-2/h11-12H,9-10H2,1-8H3. The SMILES string of the molecule is CCC(=O)Oc1cc(C)c(C)c(C)c1-c1c(OC(=O)CC)cc(C)c(C)c1C. The first kappa shape index (κ1) is 21.7. The summed E-state index contributed by atoms with van der Waals surface area (Å²) in [5.74, 6) is 0.426. The normalized spacial score (nSPS) is 10.7. The highest BCUT2D eigenvalue weighted by atomic mass is 16.5. The first-order valence-corrected chi connectivity index (χ1v) is 9.75. The molecule has 0 heterocycles. The predicted octanol–water partition coefficient (Wildman–Crippen LogP) is 5.83. The van der Waals surface area contributed by atoms with Gasteiger partial charge in [-0.25, -0.2) is 0 Å². The van der Waals surface area contributed by atoms with Gasteiger partial charge in [0.1, 0.15) is 11.5 Å². The zero-order chi connectivity index (χ0) is 21.2. The molecule has 4 nitrogen and oxygen atoms in total. The molecule has 0 N–H and O–H groups in total. The van der Waals surface area contributed by atoms with E-state index in [1.54, 1.807) is 13.8 Å². The van der Waals surface area contributed by atoms with E-state index in [4.69, 9.17) is 9.47 Å². The molecule has 0 amide bonds. The molecular weight excluding hydrogens is 352 g/mol. The fourth-order valence-electron chi connectivity index (χ4n) is 3.26. The van der Waals surface area contributed by atoms with Gasteiger partial charge in [-0.2, -0.15) is 0 Å². The Morgan fingerprint density at radius 1 is 0.643 bits per heavy atom. The van der Waals surface area contributed by atoms with Crippen LogP contribution in [-0.4, -0.2) is 11.9 Å². The van der Waals surface area contributed by atoms with Crippen molar-refractivity contribution in [2.75, 3.05) is 0 Å². The molecule has 0 saturated carbocycles. The lowest BCUT2D eigenvalue weighted by molar-refractivity contribution is -0.135. The van der Waals surface area contributed by atoms with Crippen LogP contribution < -0.4 is 9.47 Å². The van der Waals surface area contributed by atoms with Gasteiger partial charge in [0, 0.05) is 24.0 Å². The molecule has 0 aliphatic heterocycles. The minimum absolute atomic E-state index is 0.287. The van der Waals surface area contributed by atoms with E-state index in [1.165, 1.54) is 0 Å². The minimum atomic E-state index is -0.294. The molecule has 0 spiro atoms. The van der Waals surface area contributed by atoms with E-state index >= 15 is 0 Å².